The average Bonchev–Trinajstić information content (AvgIpc) is 2.90. The van der Waals surface area contributed by atoms with Gasteiger partial charge in [0, 0.05) is 18.4 Å². The van der Waals surface area contributed by atoms with E-state index in [9.17, 15) is 18.0 Å². The van der Waals surface area contributed by atoms with Gasteiger partial charge in [-0.05, 0) is 31.0 Å². The SMILES string of the molecule is O=C(Nc1ccccc1C(F)(F)F)c1cncc(NC2CCCCCC2)c1. The molecule has 0 bridgehead atoms. The number of carbonyl (C=O) groups is 1. The Morgan fingerprint density at radius 1 is 1.04 bits per heavy atom. The molecule has 1 aliphatic rings. The van der Waals surface area contributed by atoms with Gasteiger partial charge in [-0.15, -0.1) is 0 Å². The fourth-order valence-corrected chi connectivity index (χ4v) is 3.34. The number of hydrogen-bond donors (Lipinski definition) is 2. The van der Waals surface area contributed by atoms with Crippen molar-refractivity contribution in [2.45, 2.75) is 50.7 Å². The summed E-state index contributed by atoms with van der Waals surface area (Å²) in [7, 11) is 0. The van der Waals surface area contributed by atoms with Gasteiger partial charge in [-0.1, -0.05) is 37.8 Å². The molecule has 1 fully saturated rings. The Morgan fingerprint density at radius 2 is 1.74 bits per heavy atom. The summed E-state index contributed by atoms with van der Waals surface area (Å²) in [6.07, 6.45) is 5.37. The highest BCUT2D eigenvalue weighted by Gasteiger charge is 2.33. The van der Waals surface area contributed by atoms with Crippen LogP contribution in [0.25, 0.3) is 0 Å². The maximum Gasteiger partial charge on any atom is 0.418 e. The van der Waals surface area contributed by atoms with Crippen LogP contribution in [-0.4, -0.2) is 16.9 Å². The molecule has 27 heavy (non-hydrogen) atoms. The maximum atomic E-state index is 13.1. The lowest BCUT2D eigenvalue weighted by Crippen LogP contribution is -2.20. The number of nitrogens with one attached hydrogen (secondary N) is 2. The predicted octanol–water partition coefficient (Wildman–Crippen LogP) is 5.49. The first-order valence-corrected chi connectivity index (χ1v) is 9.12. The number of anilines is 2. The largest absolute Gasteiger partial charge is 0.418 e. The number of hydrogen-bond acceptors (Lipinski definition) is 3. The van der Waals surface area contributed by atoms with Crippen LogP contribution < -0.4 is 10.6 Å². The molecule has 7 heteroatoms. The van der Waals surface area contributed by atoms with Crippen molar-refractivity contribution >= 4 is 17.3 Å². The van der Waals surface area contributed by atoms with Gasteiger partial charge >= 0.3 is 6.18 Å². The Labute approximate surface area is 156 Å². The minimum absolute atomic E-state index is 0.214. The number of aromatic nitrogens is 1. The van der Waals surface area contributed by atoms with Gasteiger partial charge in [0.2, 0.25) is 0 Å². The first-order valence-electron chi connectivity index (χ1n) is 9.12. The molecule has 1 aromatic heterocycles. The summed E-state index contributed by atoms with van der Waals surface area (Å²) >= 11 is 0. The van der Waals surface area contributed by atoms with Crippen LogP contribution in [-0.2, 0) is 6.18 Å². The molecule has 2 N–H and O–H groups in total. The Balaban J connectivity index is 1.72. The summed E-state index contributed by atoms with van der Waals surface area (Å²) in [5.41, 5.74) is -0.222. The van der Waals surface area contributed by atoms with Crippen molar-refractivity contribution in [2.24, 2.45) is 0 Å². The summed E-state index contributed by atoms with van der Waals surface area (Å²) in [4.78, 5) is 16.5. The van der Waals surface area contributed by atoms with Crippen molar-refractivity contribution < 1.29 is 18.0 Å². The zero-order chi connectivity index (χ0) is 19.3. The lowest BCUT2D eigenvalue weighted by atomic mass is 10.1. The van der Waals surface area contributed by atoms with Crippen LogP contribution in [0.1, 0.15) is 54.4 Å². The number of halogens is 3. The van der Waals surface area contributed by atoms with Gasteiger partial charge in [-0.25, -0.2) is 0 Å². The Morgan fingerprint density at radius 3 is 2.44 bits per heavy atom. The molecule has 1 aromatic carbocycles. The summed E-state index contributed by atoms with van der Waals surface area (Å²) in [5, 5.41) is 5.74. The van der Waals surface area contributed by atoms with Crippen molar-refractivity contribution in [2.75, 3.05) is 10.6 Å². The third-order valence-corrected chi connectivity index (χ3v) is 4.71. The van der Waals surface area contributed by atoms with E-state index in [1.54, 1.807) is 12.3 Å². The maximum absolute atomic E-state index is 13.1. The van der Waals surface area contributed by atoms with Crippen LogP contribution in [0.2, 0.25) is 0 Å². The number of alkyl halides is 3. The molecule has 1 aliphatic carbocycles. The predicted molar refractivity (Wildman–Crippen MR) is 98.7 cm³/mol. The number of nitrogens with zero attached hydrogens (tertiary/aromatic N) is 1. The second-order valence-electron chi connectivity index (χ2n) is 6.79. The monoisotopic (exact) mass is 377 g/mol. The lowest BCUT2D eigenvalue weighted by Gasteiger charge is -2.18. The van der Waals surface area contributed by atoms with E-state index in [0.717, 1.165) is 18.9 Å². The zero-order valence-corrected chi connectivity index (χ0v) is 14.9. The fraction of sp³-hybridized carbons (Fsp3) is 0.400. The fourth-order valence-electron chi connectivity index (χ4n) is 3.34. The summed E-state index contributed by atoms with van der Waals surface area (Å²) < 4.78 is 39.3. The number of benzene rings is 1. The second kappa shape index (κ2) is 8.41. The molecular formula is C20H22F3N3O. The molecule has 0 radical (unpaired) electrons. The van der Waals surface area contributed by atoms with Crippen molar-refractivity contribution in [1.29, 1.82) is 0 Å². The normalized spacial score (nSPS) is 15.8. The molecule has 0 unspecified atom stereocenters. The van der Waals surface area contributed by atoms with Gasteiger partial charge in [0.15, 0.2) is 0 Å². The molecule has 0 aliphatic heterocycles. The molecular weight excluding hydrogens is 355 g/mol. The molecule has 1 saturated carbocycles. The van der Waals surface area contributed by atoms with E-state index in [1.807, 2.05) is 0 Å². The lowest BCUT2D eigenvalue weighted by molar-refractivity contribution is -0.136. The van der Waals surface area contributed by atoms with E-state index in [4.69, 9.17) is 0 Å². The molecule has 0 spiro atoms. The molecule has 0 saturated heterocycles. The standard InChI is InChI=1S/C20H22F3N3O/c21-20(22,23)17-9-5-6-10-18(17)26-19(27)14-11-16(13-24-12-14)25-15-7-3-1-2-4-8-15/h5-6,9-13,15,25H,1-4,7-8H2,(H,26,27). The van der Waals surface area contributed by atoms with Crippen molar-refractivity contribution in [3.63, 3.8) is 0 Å². The van der Waals surface area contributed by atoms with Gasteiger partial charge in [0.05, 0.1) is 22.5 Å². The third kappa shape index (κ3) is 5.21. The molecule has 2 aromatic rings. The molecule has 1 heterocycles. The summed E-state index contributed by atoms with van der Waals surface area (Å²) in [6.45, 7) is 0. The molecule has 3 rings (SSSR count). The van der Waals surface area contributed by atoms with Crippen molar-refractivity contribution in [3.8, 4) is 0 Å². The van der Waals surface area contributed by atoms with Crippen LogP contribution in [0.5, 0.6) is 0 Å². The van der Waals surface area contributed by atoms with E-state index in [2.05, 4.69) is 15.6 Å². The van der Waals surface area contributed by atoms with E-state index in [0.29, 0.717) is 11.7 Å². The van der Waals surface area contributed by atoms with Gasteiger partial charge in [0.25, 0.3) is 5.91 Å². The van der Waals surface area contributed by atoms with Crippen LogP contribution in [0, 0.1) is 0 Å². The van der Waals surface area contributed by atoms with Gasteiger partial charge in [0.1, 0.15) is 0 Å². The molecule has 1 amide bonds. The Kier molecular flexibility index (Phi) is 5.98. The van der Waals surface area contributed by atoms with E-state index < -0.39 is 17.6 Å². The van der Waals surface area contributed by atoms with Crippen LogP contribution in [0.15, 0.2) is 42.7 Å². The first kappa shape index (κ1) is 19.2. The minimum atomic E-state index is -4.54. The zero-order valence-electron chi connectivity index (χ0n) is 14.9. The number of rotatable bonds is 4. The highest BCUT2D eigenvalue weighted by molar-refractivity contribution is 6.05. The minimum Gasteiger partial charge on any atom is -0.381 e. The topological polar surface area (TPSA) is 54.0 Å². The third-order valence-electron chi connectivity index (χ3n) is 4.71. The molecule has 144 valence electrons. The van der Waals surface area contributed by atoms with Crippen molar-refractivity contribution in [3.05, 3.63) is 53.9 Å². The smallest absolute Gasteiger partial charge is 0.381 e. The first-order chi connectivity index (χ1) is 12.9. The quantitative estimate of drug-likeness (QED) is 0.693. The highest BCUT2D eigenvalue weighted by atomic mass is 19.4. The Hall–Kier alpha value is -2.57. The summed E-state index contributed by atoms with van der Waals surface area (Å²) in [5.74, 6) is -0.622. The Bertz CT molecular complexity index is 784. The highest BCUT2D eigenvalue weighted by Crippen LogP contribution is 2.34. The van der Waals surface area contributed by atoms with Crippen molar-refractivity contribution in [1.82, 2.24) is 4.98 Å². The van der Waals surface area contributed by atoms with E-state index in [-0.39, 0.29) is 11.3 Å². The van der Waals surface area contributed by atoms with Crippen LogP contribution >= 0.6 is 0 Å². The number of pyridine rings is 1. The van der Waals surface area contributed by atoms with Crippen LogP contribution in [0.3, 0.4) is 0 Å². The summed E-state index contributed by atoms with van der Waals surface area (Å²) in [6, 6.07) is 6.88. The van der Waals surface area contributed by atoms with Crippen LogP contribution in [0.4, 0.5) is 24.5 Å². The average molecular weight is 377 g/mol. The van der Waals surface area contributed by atoms with Gasteiger partial charge in [-0.3, -0.25) is 9.78 Å². The van der Waals surface area contributed by atoms with Gasteiger partial charge < -0.3 is 10.6 Å². The van der Waals surface area contributed by atoms with E-state index >= 15 is 0 Å². The number of amides is 1. The van der Waals surface area contributed by atoms with Gasteiger partial charge in [-0.2, -0.15) is 13.2 Å². The molecule has 4 nitrogen and oxygen atoms in total. The number of para-hydroxylation sites is 1. The second-order valence-corrected chi connectivity index (χ2v) is 6.79. The molecule has 0 atom stereocenters. The number of carbonyl (C=O) groups excluding carboxylic acids is 1. The van der Waals surface area contributed by atoms with E-state index in [1.165, 1.54) is 50.1 Å².